The first kappa shape index (κ1) is 20.0. The summed E-state index contributed by atoms with van der Waals surface area (Å²) in [7, 11) is 1.41. The van der Waals surface area contributed by atoms with Crippen LogP contribution < -0.4 is 4.74 Å². The van der Waals surface area contributed by atoms with E-state index in [1.807, 2.05) is 0 Å². The van der Waals surface area contributed by atoms with Crippen molar-refractivity contribution in [3.05, 3.63) is 58.5 Å². The fraction of sp³-hybridized carbons (Fsp3) is 0.316. The number of aromatic nitrogens is 3. The van der Waals surface area contributed by atoms with Crippen LogP contribution in [-0.2, 0) is 16.0 Å². The molecule has 0 saturated carbocycles. The number of halogens is 3. The van der Waals surface area contributed by atoms with Crippen LogP contribution in [0.1, 0.15) is 36.2 Å². The number of carbonyl (C=O) groups is 1. The lowest BCUT2D eigenvalue weighted by Crippen LogP contribution is -2.18. The van der Waals surface area contributed by atoms with E-state index in [2.05, 4.69) is 10.2 Å². The van der Waals surface area contributed by atoms with Crippen LogP contribution in [0.2, 0.25) is 5.02 Å². The van der Waals surface area contributed by atoms with Crippen molar-refractivity contribution in [2.24, 2.45) is 0 Å². The number of benzene rings is 1. The molecule has 28 heavy (non-hydrogen) atoms. The van der Waals surface area contributed by atoms with Gasteiger partial charge in [0.15, 0.2) is 5.75 Å². The van der Waals surface area contributed by atoms with Crippen molar-refractivity contribution in [2.75, 3.05) is 13.7 Å². The van der Waals surface area contributed by atoms with Crippen molar-refractivity contribution >= 4 is 23.2 Å². The maximum absolute atomic E-state index is 13.2. The molecule has 0 N–H and O–H groups in total. The number of fused-ring (bicyclic) bond motifs is 1. The highest BCUT2D eigenvalue weighted by Gasteiger charge is 2.25. The summed E-state index contributed by atoms with van der Waals surface area (Å²) < 4.78 is 38.1. The Bertz CT molecular complexity index is 976. The number of carbonyl (C=O) groups excluding carboxylic acids is 1. The van der Waals surface area contributed by atoms with Crippen molar-refractivity contribution in [3.8, 4) is 5.75 Å². The second-order valence-corrected chi connectivity index (χ2v) is 6.47. The van der Waals surface area contributed by atoms with Gasteiger partial charge in [-0.3, -0.25) is 9.20 Å². The van der Waals surface area contributed by atoms with E-state index in [1.54, 1.807) is 37.3 Å². The Hall–Kier alpha value is -2.74. The summed E-state index contributed by atoms with van der Waals surface area (Å²) in [5.74, 6) is -1.25. The van der Waals surface area contributed by atoms with E-state index in [0.717, 1.165) is 0 Å². The Labute approximate surface area is 165 Å². The van der Waals surface area contributed by atoms with Crippen LogP contribution in [0.5, 0.6) is 5.75 Å². The first-order valence-corrected chi connectivity index (χ1v) is 8.94. The second kappa shape index (κ2) is 8.52. The van der Waals surface area contributed by atoms with Crippen molar-refractivity contribution in [2.45, 2.75) is 25.7 Å². The SMILES string of the molecule is CCOC(=O)C(Cc1cc(OC)c2nnc(C(F)F)n2c1)c1ccc(Cl)cc1. The minimum atomic E-state index is -2.80. The van der Waals surface area contributed by atoms with Gasteiger partial charge in [0, 0.05) is 11.2 Å². The van der Waals surface area contributed by atoms with Crippen molar-refractivity contribution in [1.82, 2.24) is 14.6 Å². The van der Waals surface area contributed by atoms with Crippen LogP contribution in [0.15, 0.2) is 36.5 Å². The number of ether oxygens (including phenoxy) is 2. The third-order valence-electron chi connectivity index (χ3n) is 4.25. The molecule has 9 heteroatoms. The second-order valence-electron chi connectivity index (χ2n) is 6.03. The van der Waals surface area contributed by atoms with E-state index < -0.39 is 24.1 Å². The van der Waals surface area contributed by atoms with Gasteiger partial charge in [-0.2, -0.15) is 0 Å². The van der Waals surface area contributed by atoms with E-state index in [9.17, 15) is 13.6 Å². The Morgan fingerprint density at radius 2 is 1.96 bits per heavy atom. The molecule has 2 heterocycles. The number of esters is 1. The zero-order valence-electron chi connectivity index (χ0n) is 15.2. The summed E-state index contributed by atoms with van der Waals surface area (Å²) in [5, 5.41) is 7.84. The summed E-state index contributed by atoms with van der Waals surface area (Å²) in [5.41, 5.74) is 1.49. The van der Waals surface area contributed by atoms with Crippen molar-refractivity contribution < 1.29 is 23.0 Å². The molecule has 0 amide bonds. The van der Waals surface area contributed by atoms with E-state index in [4.69, 9.17) is 21.1 Å². The molecular weight excluding hydrogens is 392 g/mol. The van der Waals surface area contributed by atoms with Crippen LogP contribution in [-0.4, -0.2) is 34.3 Å². The molecule has 0 saturated heterocycles. The zero-order valence-corrected chi connectivity index (χ0v) is 16.0. The highest BCUT2D eigenvalue weighted by molar-refractivity contribution is 6.30. The maximum Gasteiger partial charge on any atom is 0.313 e. The average Bonchev–Trinajstić information content (AvgIpc) is 3.10. The van der Waals surface area contributed by atoms with Gasteiger partial charge in [0.05, 0.1) is 19.6 Å². The molecule has 2 aromatic heterocycles. The number of rotatable bonds is 7. The van der Waals surface area contributed by atoms with E-state index >= 15 is 0 Å². The summed E-state index contributed by atoms with van der Waals surface area (Å²) >= 11 is 5.94. The van der Waals surface area contributed by atoms with Gasteiger partial charge in [-0.15, -0.1) is 10.2 Å². The minimum absolute atomic E-state index is 0.181. The largest absolute Gasteiger partial charge is 0.493 e. The molecule has 0 aliphatic carbocycles. The third kappa shape index (κ3) is 4.06. The number of pyridine rings is 1. The van der Waals surface area contributed by atoms with Gasteiger partial charge in [-0.25, -0.2) is 8.78 Å². The fourth-order valence-corrected chi connectivity index (χ4v) is 3.08. The number of nitrogens with zero attached hydrogens (tertiary/aromatic N) is 3. The van der Waals surface area contributed by atoms with Gasteiger partial charge in [0.2, 0.25) is 11.5 Å². The van der Waals surface area contributed by atoms with E-state index in [-0.39, 0.29) is 24.4 Å². The summed E-state index contributed by atoms with van der Waals surface area (Å²) in [4.78, 5) is 12.5. The lowest BCUT2D eigenvalue weighted by Gasteiger charge is -2.17. The van der Waals surface area contributed by atoms with Crippen LogP contribution in [0.3, 0.4) is 0 Å². The van der Waals surface area contributed by atoms with Gasteiger partial charge in [-0.1, -0.05) is 23.7 Å². The standard InChI is InChI=1S/C19H18ClF2N3O3/c1-3-28-19(26)14(12-4-6-13(20)7-5-12)8-11-9-15(27-2)17-23-24-18(16(21)22)25(17)10-11/h4-7,9-10,14,16H,3,8H2,1-2H3. The number of methoxy groups -OCH3 is 1. The molecule has 1 unspecified atom stereocenters. The first-order chi connectivity index (χ1) is 13.4. The van der Waals surface area contributed by atoms with Gasteiger partial charge in [-0.05, 0) is 42.7 Å². The molecule has 3 aromatic rings. The highest BCUT2D eigenvalue weighted by Crippen LogP contribution is 2.29. The summed E-state index contributed by atoms with van der Waals surface area (Å²) in [6.07, 6.45) is -1.10. The molecule has 6 nitrogen and oxygen atoms in total. The third-order valence-corrected chi connectivity index (χ3v) is 4.50. The Balaban J connectivity index is 2.04. The first-order valence-electron chi connectivity index (χ1n) is 8.56. The topological polar surface area (TPSA) is 65.7 Å². The normalized spacial score (nSPS) is 12.4. The minimum Gasteiger partial charge on any atom is -0.493 e. The Kier molecular flexibility index (Phi) is 6.08. The van der Waals surface area contributed by atoms with Gasteiger partial charge in [0.1, 0.15) is 0 Å². The van der Waals surface area contributed by atoms with Gasteiger partial charge in [0.25, 0.3) is 6.43 Å². The molecule has 3 rings (SSSR count). The molecule has 0 bridgehead atoms. The molecule has 0 spiro atoms. The zero-order chi connectivity index (χ0) is 20.3. The van der Waals surface area contributed by atoms with Crippen molar-refractivity contribution in [1.29, 1.82) is 0 Å². The number of alkyl halides is 2. The molecule has 0 aliphatic rings. The van der Waals surface area contributed by atoms with E-state index in [1.165, 1.54) is 17.7 Å². The van der Waals surface area contributed by atoms with Crippen molar-refractivity contribution in [3.63, 3.8) is 0 Å². The average molecular weight is 410 g/mol. The number of hydrogen-bond donors (Lipinski definition) is 0. The molecule has 0 aliphatic heterocycles. The monoisotopic (exact) mass is 409 g/mol. The van der Waals surface area contributed by atoms with Gasteiger partial charge < -0.3 is 9.47 Å². The molecule has 0 radical (unpaired) electrons. The highest BCUT2D eigenvalue weighted by atomic mass is 35.5. The van der Waals surface area contributed by atoms with Crippen LogP contribution >= 0.6 is 11.6 Å². The number of hydrogen-bond acceptors (Lipinski definition) is 5. The fourth-order valence-electron chi connectivity index (χ4n) is 2.96. The molecule has 148 valence electrons. The smallest absolute Gasteiger partial charge is 0.313 e. The summed E-state index contributed by atoms with van der Waals surface area (Å²) in [6.45, 7) is 1.95. The van der Waals surface area contributed by atoms with Gasteiger partial charge >= 0.3 is 5.97 Å². The Morgan fingerprint density at radius 3 is 2.57 bits per heavy atom. The molecule has 0 fully saturated rings. The predicted octanol–water partition coefficient (Wildman–Crippen LogP) is 4.22. The predicted molar refractivity (Wildman–Crippen MR) is 99.0 cm³/mol. The summed E-state index contributed by atoms with van der Waals surface area (Å²) in [6, 6.07) is 8.50. The quantitative estimate of drug-likeness (QED) is 0.547. The Morgan fingerprint density at radius 1 is 1.25 bits per heavy atom. The molecule has 1 aromatic carbocycles. The van der Waals surface area contributed by atoms with E-state index in [0.29, 0.717) is 16.1 Å². The molecule has 1 atom stereocenters. The lowest BCUT2D eigenvalue weighted by atomic mass is 9.92. The van der Waals surface area contributed by atoms with Crippen LogP contribution in [0.4, 0.5) is 8.78 Å². The van der Waals surface area contributed by atoms with Crippen LogP contribution in [0, 0.1) is 0 Å². The maximum atomic E-state index is 13.2. The lowest BCUT2D eigenvalue weighted by molar-refractivity contribution is -0.144. The molecular formula is C19H18ClF2N3O3. The van der Waals surface area contributed by atoms with Crippen LogP contribution in [0.25, 0.3) is 5.65 Å².